The van der Waals surface area contributed by atoms with Crippen LogP contribution >= 0.6 is 27.7 Å². The fourth-order valence-electron chi connectivity index (χ4n) is 2.88. The number of nitrogens with one attached hydrogen (secondary N) is 1. The van der Waals surface area contributed by atoms with Crippen LogP contribution in [0.15, 0.2) is 63.1 Å². The first-order chi connectivity index (χ1) is 12.2. The highest BCUT2D eigenvalue weighted by molar-refractivity contribution is 9.10. The van der Waals surface area contributed by atoms with E-state index in [0.29, 0.717) is 10.9 Å². The molecular formula is C18H15BrN4OS. The van der Waals surface area contributed by atoms with Gasteiger partial charge in [0.15, 0.2) is 11.3 Å². The first-order valence-corrected chi connectivity index (χ1v) is 9.70. The van der Waals surface area contributed by atoms with Crippen LogP contribution in [-0.4, -0.2) is 21.8 Å². The van der Waals surface area contributed by atoms with Crippen LogP contribution in [-0.2, 0) is 4.79 Å². The van der Waals surface area contributed by atoms with Gasteiger partial charge in [0.2, 0.25) is 0 Å². The molecule has 2 aromatic carbocycles. The van der Waals surface area contributed by atoms with Gasteiger partial charge in [-0.05, 0) is 29.5 Å². The van der Waals surface area contributed by atoms with Gasteiger partial charge in [-0.15, -0.1) is 5.10 Å². The number of thioether (sulfide) groups is 1. The number of carbonyl (C=O) groups excluding carboxylic acids is 1. The maximum absolute atomic E-state index is 12.8. The molecule has 1 unspecified atom stereocenters. The monoisotopic (exact) mass is 414 g/mol. The topological polar surface area (TPSA) is 57.1 Å². The van der Waals surface area contributed by atoms with Crippen molar-refractivity contribution in [2.24, 2.45) is 10.1 Å². The minimum Gasteiger partial charge on any atom is -0.298 e. The van der Waals surface area contributed by atoms with E-state index in [1.165, 1.54) is 11.8 Å². The second-order valence-electron chi connectivity index (χ2n) is 5.56. The number of amides is 1. The number of nitrogens with zero attached hydrogens (tertiary/aromatic N) is 3. The molecule has 7 heteroatoms. The van der Waals surface area contributed by atoms with Crippen LogP contribution in [0, 0.1) is 0 Å². The predicted molar refractivity (Wildman–Crippen MR) is 103 cm³/mol. The zero-order valence-corrected chi connectivity index (χ0v) is 15.8. The lowest BCUT2D eigenvalue weighted by molar-refractivity contribution is -0.116. The predicted octanol–water partition coefficient (Wildman–Crippen LogP) is 2.35. The average molecular weight is 415 g/mol. The zero-order chi connectivity index (χ0) is 17.4. The molecule has 0 saturated carbocycles. The summed E-state index contributed by atoms with van der Waals surface area (Å²) in [6, 6.07) is 15.6. The van der Waals surface area contributed by atoms with Crippen LogP contribution in [0.1, 0.15) is 18.7 Å². The van der Waals surface area contributed by atoms with Gasteiger partial charge in [0, 0.05) is 9.69 Å². The lowest BCUT2D eigenvalue weighted by atomic mass is 10.1. The Morgan fingerprint density at radius 2 is 1.96 bits per heavy atom. The summed E-state index contributed by atoms with van der Waals surface area (Å²) in [7, 11) is 0. The van der Waals surface area contributed by atoms with Crippen molar-refractivity contribution in [3.63, 3.8) is 0 Å². The summed E-state index contributed by atoms with van der Waals surface area (Å²) in [6.45, 7) is 2.03. The summed E-state index contributed by atoms with van der Waals surface area (Å²) in [6.07, 6.45) is -0.364. The molecule has 0 spiro atoms. The number of hydrogen-bond acceptors (Lipinski definition) is 5. The number of carbonyl (C=O) groups is 1. The SMILES string of the molecule is CCSC1=NN2C(=c3ccccc3=NC2c2ccc(Br)cc2)C(=O)N1. The number of benzene rings is 2. The Labute approximate surface area is 157 Å². The number of rotatable bonds is 2. The Hall–Kier alpha value is -2.12. The lowest BCUT2D eigenvalue weighted by Crippen LogP contribution is -2.50. The van der Waals surface area contributed by atoms with Gasteiger partial charge in [0.05, 0.1) is 5.36 Å². The molecule has 1 amide bonds. The maximum Gasteiger partial charge on any atom is 0.276 e. The van der Waals surface area contributed by atoms with Crippen molar-refractivity contribution in [3.05, 3.63) is 69.1 Å². The van der Waals surface area contributed by atoms with Gasteiger partial charge in [0.25, 0.3) is 5.91 Å². The van der Waals surface area contributed by atoms with Crippen molar-refractivity contribution in [1.29, 1.82) is 0 Å². The molecule has 0 saturated heterocycles. The first kappa shape index (κ1) is 16.4. The first-order valence-electron chi connectivity index (χ1n) is 7.92. The van der Waals surface area contributed by atoms with Crippen molar-refractivity contribution in [1.82, 2.24) is 10.3 Å². The van der Waals surface area contributed by atoms with Crippen LogP contribution in [0.25, 0.3) is 5.70 Å². The van der Waals surface area contributed by atoms with Crippen molar-refractivity contribution in [3.8, 4) is 0 Å². The summed E-state index contributed by atoms with van der Waals surface area (Å²) in [5.41, 5.74) is 1.52. The van der Waals surface area contributed by atoms with Gasteiger partial charge in [0.1, 0.15) is 5.70 Å². The summed E-state index contributed by atoms with van der Waals surface area (Å²) >= 11 is 4.97. The Morgan fingerprint density at radius 1 is 1.20 bits per heavy atom. The highest BCUT2D eigenvalue weighted by atomic mass is 79.9. The van der Waals surface area contributed by atoms with E-state index in [2.05, 4.69) is 26.3 Å². The third kappa shape index (κ3) is 2.98. The summed E-state index contributed by atoms with van der Waals surface area (Å²) in [5.74, 6) is 0.689. The highest BCUT2D eigenvalue weighted by Gasteiger charge is 2.34. The standard InChI is InChI=1S/C18H15BrN4OS/c1-2-25-18-21-17(24)15-13-5-3-4-6-14(13)20-16(23(15)22-18)11-7-9-12(19)10-8-11/h3-10,16H,2H2,1H3,(H,21,22,24). The molecule has 2 heterocycles. The Kier molecular flexibility index (Phi) is 4.35. The fourth-order valence-corrected chi connectivity index (χ4v) is 3.73. The molecule has 25 heavy (non-hydrogen) atoms. The van der Waals surface area contributed by atoms with Crippen molar-refractivity contribution in [2.75, 3.05) is 5.75 Å². The molecule has 2 aliphatic heterocycles. The molecule has 2 aromatic rings. The van der Waals surface area contributed by atoms with Crippen LogP contribution in [0.4, 0.5) is 0 Å². The molecule has 126 valence electrons. The zero-order valence-electron chi connectivity index (χ0n) is 13.4. The molecular weight excluding hydrogens is 400 g/mol. The Balaban J connectivity index is 1.94. The summed E-state index contributed by atoms with van der Waals surface area (Å²) in [5, 5.41) is 11.5. The van der Waals surface area contributed by atoms with Gasteiger partial charge < -0.3 is 0 Å². The molecule has 0 aromatic heterocycles. The van der Waals surface area contributed by atoms with Crippen LogP contribution < -0.4 is 15.9 Å². The molecule has 1 atom stereocenters. The van der Waals surface area contributed by atoms with E-state index < -0.39 is 0 Å². The molecule has 2 aliphatic rings. The molecule has 0 bridgehead atoms. The van der Waals surface area contributed by atoms with Crippen molar-refractivity contribution >= 4 is 44.5 Å². The number of hydrogen-bond donors (Lipinski definition) is 1. The van der Waals surface area contributed by atoms with Gasteiger partial charge in [-0.2, -0.15) is 0 Å². The largest absolute Gasteiger partial charge is 0.298 e. The normalized spacial score (nSPS) is 18.7. The Bertz CT molecular complexity index is 987. The summed E-state index contributed by atoms with van der Waals surface area (Å²) in [4.78, 5) is 17.6. The van der Waals surface area contributed by atoms with Gasteiger partial charge >= 0.3 is 0 Å². The van der Waals surface area contributed by atoms with E-state index in [1.807, 2.05) is 55.5 Å². The smallest absolute Gasteiger partial charge is 0.276 e. The molecule has 1 N–H and O–H groups in total. The van der Waals surface area contributed by atoms with E-state index in [0.717, 1.165) is 26.4 Å². The lowest BCUT2D eigenvalue weighted by Gasteiger charge is -2.34. The third-order valence-corrected chi connectivity index (χ3v) is 5.24. The molecule has 0 aliphatic carbocycles. The minimum absolute atomic E-state index is 0.143. The van der Waals surface area contributed by atoms with Gasteiger partial charge in [-0.1, -0.05) is 64.9 Å². The molecule has 5 nitrogen and oxygen atoms in total. The maximum atomic E-state index is 12.8. The quantitative estimate of drug-likeness (QED) is 0.820. The average Bonchev–Trinajstić information content (AvgIpc) is 2.62. The number of halogens is 1. The second kappa shape index (κ2) is 6.65. The molecule has 4 rings (SSSR count). The van der Waals surface area contributed by atoms with Crippen LogP contribution in [0.2, 0.25) is 0 Å². The second-order valence-corrected chi connectivity index (χ2v) is 7.73. The van der Waals surface area contributed by atoms with E-state index in [-0.39, 0.29) is 12.1 Å². The highest BCUT2D eigenvalue weighted by Crippen LogP contribution is 2.31. The van der Waals surface area contributed by atoms with Crippen LogP contribution in [0.5, 0.6) is 0 Å². The van der Waals surface area contributed by atoms with Crippen LogP contribution in [0.3, 0.4) is 0 Å². The van der Waals surface area contributed by atoms with Gasteiger partial charge in [-0.25, -0.2) is 5.01 Å². The number of amidine groups is 1. The van der Waals surface area contributed by atoms with E-state index in [4.69, 9.17) is 4.99 Å². The van der Waals surface area contributed by atoms with Gasteiger partial charge in [-0.3, -0.25) is 15.1 Å². The Morgan fingerprint density at radius 3 is 2.72 bits per heavy atom. The summed E-state index contributed by atoms with van der Waals surface area (Å²) < 4.78 is 0.999. The van der Waals surface area contributed by atoms with E-state index in [9.17, 15) is 4.79 Å². The third-order valence-electron chi connectivity index (χ3n) is 3.96. The number of fused-ring (bicyclic) bond motifs is 2. The number of para-hydroxylation sites is 1. The minimum atomic E-state index is -0.364. The molecule has 0 radical (unpaired) electrons. The van der Waals surface area contributed by atoms with E-state index in [1.54, 1.807) is 5.01 Å². The molecule has 0 fully saturated rings. The van der Waals surface area contributed by atoms with Crippen molar-refractivity contribution in [2.45, 2.75) is 13.1 Å². The number of hydrazone groups is 1. The van der Waals surface area contributed by atoms with Crippen molar-refractivity contribution < 1.29 is 4.79 Å². The fraction of sp³-hybridized carbons (Fsp3) is 0.167. The van der Waals surface area contributed by atoms with E-state index >= 15 is 0 Å².